The van der Waals surface area contributed by atoms with Gasteiger partial charge in [-0.1, -0.05) is 0 Å². The van der Waals surface area contributed by atoms with Crippen molar-refractivity contribution < 1.29 is 0 Å². The molecular formula is C16H16N6O. The summed E-state index contributed by atoms with van der Waals surface area (Å²) in [5.74, 6) is 0.185. The fourth-order valence-electron chi connectivity index (χ4n) is 2.94. The molecule has 0 atom stereocenters. The Hall–Kier alpha value is -2.80. The SMILES string of the molecule is Nc1nc2c(c(=O)[nH]1)CN(Cc1ccc3cccnc3n1)CC2. The predicted octanol–water partition coefficient (Wildman–Crippen LogP) is 0.854. The summed E-state index contributed by atoms with van der Waals surface area (Å²) in [6.45, 7) is 2.06. The summed E-state index contributed by atoms with van der Waals surface area (Å²) < 4.78 is 0. The van der Waals surface area contributed by atoms with E-state index in [0.29, 0.717) is 18.7 Å². The highest BCUT2D eigenvalue weighted by molar-refractivity contribution is 5.74. The van der Waals surface area contributed by atoms with Crippen molar-refractivity contribution in [2.24, 2.45) is 0 Å². The average molecular weight is 308 g/mol. The van der Waals surface area contributed by atoms with E-state index < -0.39 is 0 Å². The first-order valence-corrected chi connectivity index (χ1v) is 7.49. The first-order chi connectivity index (χ1) is 11.2. The number of nitrogens with zero attached hydrogens (tertiary/aromatic N) is 4. The maximum Gasteiger partial charge on any atom is 0.257 e. The van der Waals surface area contributed by atoms with E-state index in [1.54, 1.807) is 6.20 Å². The Balaban J connectivity index is 1.58. The summed E-state index contributed by atoms with van der Waals surface area (Å²) in [5.41, 5.74) is 8.64. The van der Waals surface area contributed by atoms with Gasteiger partial charge in [-0.3, -0.25) is 14.7 Å². The van der Waals surface area contributed by atoms with E-state index in [1.165, 1.54) is 0 Å². The van der Waals surface area contributed by atoms with Gasteiger partial charge in [0.2, 0.25) is 5.95 Å². The van der Waals surface area contributed by atoms with Crippen molar-refractivity contribution in [1.82, 2.24) is 24.8 Å². The Kier molecular flexibility index (Phi) is 3.27. The fraction of sp³-hybridized carbons (Fsp3) is 0.250. The van der Waals surface area contributed by atoms with Crippen LogP contribution in [-0.4, -0.2) is 31.4 Å². The third-order valence-electron chi connectivity index (χ3n) is 4.07. The van der Waals surface area contributed by atoms with E-state index in [2.05, 4.69) is 24.8 Å². The van der Waals surface area contributed by atoms with Crippen molar-refractivity contribution in [2.45, 2.75) is 19.5 Å². The molecular weight excluding hydrogens is 292 g/mol. The van der Waals surface area contributed by atoms with Crippen LogP contribution in [0.3, 0.4) is 0 Å². The van der Waals surface area contributed by atoms with Crippen LogP contribution in [0.4, 0.5) is 5.95 Å². The van der Waals surface area contributed by atoms with Gasteiger partial charge in [-0.15, -0.1) is 0 Å². The lowest BCUT2D eigenvalue weighted by molar-refractivity contribution is 0.239. The van der Waals surface area contributed by atoms with Crippen LogP contribution < -0.4 is 11.3 Å². The standard InChI is InChI=1S/C16H16N6O/c17-16-20-13-5-7-22(9-12(13)15(23)21-16)8-11-4-3-10-2-1-6-18-14(10)19-11/h1-4,6H,5,7-9H2,(H3,17,20,21,23). The van der Waals surface area contributed by atoms with Crippen molar-refractivity contribution in [1.29, 1.82) is 0 Å². The number of hydrogen-bond donors (Lipinski definition) is 2. The number of aromatic nitrogens is 4. The number of H-pyrrole nitrogens is 1. The van der Waals surface area contributed by atoms with Crippen LogP contribution >= 0.6 is 0 Å². The second-order valence-corrected chi connectivity index (χ2v) is 5.69. The molecule has 4 heterocycles. The molecule has 0 unspecified atom stereocenters. The van der Waals surface area contributed by atoms with Gasteiger partial charge in [-0.2, -0.15) is 0 Å². The molecule has 0 spiro atoms. The monoisotopic (exact) mass is 308 g/mol. The number of nitrogens with one attached hydrogen (secondary N) is 1. The number of hydrogen-bond acceptors (Lipinski definition) is 6. The van der Waals surface area contributed by atoms with E-state index in [1.807, 2.05) is 24.3 Å². The lowest BCUT2D eigenvalue weighted by Gasteiger charge is -2.27. The van der Waals surface area contributed by atoms with Crippen LogP contribution in [0, 0.1) is 0 Å². The molecule has 0 aliphatic carbocycles. The average Bonchev–Trinajstić information content (AvgIpc) is 2.55. The maximum absolute atomic E-state index is 12.0. The minimum absolute atomic E-state index is 0.148. The highest BCUT2D eigenvalue weighted by Gasteiger charge is 2.21. The van der Waals surface area contributed by atoms with Gasteiger partial charge in [0.25, 0.3) is 5.56 Å². The normalized spacial score (nSPS) is 14.8. The molecule has 23 heavy (non-hydrogen) atoms. The van der Waals surface area contributed by atoms with Crippen LogP contribution in [0.2, 0.25) is 0 Å². The van der Waals surface area contributed by atoms with Gasteiger partial charge in [0, 0.05) is 37.6 Å². The Morgan fingerprint density at radius 2 is 2.17 bits per heavy atom. The lowest BCUT2D eigenvalue weighted by Crippen LogP contribution is -2.35. The molecule has 1 aliphatic heterocycles. The molecule has 0 amide bonds. The minimum Gasteiger partial charge on any atom is -0.369 e. The van der Waals surface area contributed by atoms with Gasteiger partial charge >= 0.3 is 0 Å². The lowest BCUT2D eigenvalue weighted by atomic mass is 10.1. The Labute approximate surface area is 132 Å². The molecule has 7 heteroatoms. The zero-order chi connectivity index (χ0) is 15.8. The summed E-state index contributed by atoms with van der Waals surface area (Å²) in [6.07, 6.45) is 2.46. The zero-order valence-electron chi connectivity index (χ0n) is 12.5. The Morgan fingerprint density at radius 1 is 1.26 bits per heavy atom. The Morgan fingerprint density at radius 3 is 3.09 bits per heavy atom. The number of rotatable bonds is 2. The molecule has 1 aliphatic rings. The van der Waals surface area contributed by atoms with Crippen molar-refractivity contribution >= 4 is 17.0 Å². The van der Waals surface area contributed by atoms with Crippen LogP contribution in [0.5, 0.6) is 0 Å². The van der Waals surface area contributed by atoms with E-state index in [4.69, 9.17) is 5.73 Å². The summed E-state index contributed by atoms with van der Waals surface area (Å²) in [7, 11) is 0. The Bertz CT molecular complexity index is 935. The summed E-state index contributed by atoms with van der Waals surface area (Å²) in [5, 5.41) is 1.02. The number of fused-ring (bicyclic) bond motifs is 2. The molecule has 0 radical (unpaired) electrons. The molecule has 0 aromatic carbocycles. The number of nitrogens with two attached hydrogens (primary N) is 1. The topological polar surface area (TPSA) is 101 Å². The highest BCUT2D eigenvalue weighted by Crippen LogP contribution is 2.17. The largest absolute Gasteiger partial charge is 0.369 e. The maximum atomic E-state index is 12.0. The van der Waals surface area contributed by atoms with E-state index in [0.717, 1.165) is 35.4 Å². The van der Waals surface area contributed by atoms with E-state index in [-0.39, 0.29) is 11.5 Å². The molecule has 3 N–H and O–H groups in total. The summed E-state index contributed by atoms with van der Waals surface area (Å²) >= 11 is 0. The molecule has 0 saturated carbocycles. The highest BCUT2D eigenvalue weighted by atomic mass is 16.1. The minimum atomic E-state index is -0.148. The molecule has 3 aromatic heterocycles. The number of nitrogen functional groups attached to an aromatic ring is 1. The summed E-state index contributed by atoms with van der Waals surface area (Å²) in [6, 6.07) is 7.92. The first-order valence-electron chi connectivity index (χ1n) is 7.49. The second-order valence-electron chi connectivity index (χ2n) is 5.69. The van der Waals surface area contributed by atoms with Gasteiger partial charge in [-0.05, 0) is 24.3 Å². The van der Waals surface area contributed by atoms with Crippen LogP contribution in [-0.2, 0) is 19.5 Å². The third kappa shape index (κ3) is 2.66. The first kappa shape index (κ1) is 13.8. The third-order valence-corrected chi connectivity index (χ3v) is 4.07. The van der Waals surface area contributed by atoms with Gasteiger partial charge < -0.3 is 5.73 Å². The van der Waals surface area contributed by atoms with Gasteiger partial charge in [-0.25, -0.2) is 15.0 Å². The number of pyridine rings is 2. The van der Waals surface area contributed by atoms with E-state index >= 15 is 0 Å². The van der Waals surface area contributed by atoms with E-state index in [9.17, 15) is 4.79 Å². The molecule has 0 bridgehead atoms. The molecule has 116 valence electrons. The smallest absolute Gasteiger partial charge is 0.257 e. The van der Waals surface area contributed by atoms with Crippen LogP contribution in [0.15, 0.2) is 35.3 Å². The fourth-order valence-corrected chi connectivity index (χ4v) is 2.94. The molecule has 4 rings (SSSR count). The second kappa shape index (κ2) is 5.44. The molecule has 0 fully saturated rings. The van der Waals surface area contributed by atoms with Crippen LogP contribution in [0.1, 0.15) is 17.0 Å². The van der Waals surface area contributed by atoms with Crippen molar-refractivity contribution in [3.8, 4) is 0 Å². The molecule has 7 nitrogen and oxygen atoms in total. The van der Waals surface area contributed by atoms with Gasteiger partial charge in [0.1, 0.15) is 0 Å². The summed E-state index contributed by atoms with van der Waals surface area (Å²) in [4.78, 5) is 29.9. The molecule has 3 aromatic rings. The van der Waals surface area contributed by atoms with Crippen molar-refractivity contribution in [3.05, 3.63) is 57.8 Å². The van der Waals surface area contributed by atoms with Crippen molar-refractivity contribution in [2.75, 3.05) is 12.3 Å². The molecule has 0 saturated heterocycles. The zero-order valence-corrected chi connectivity index (χ0v) is 12.5. The quantitative estimate of drug-likeness (QED) is 0.728. The number of aromatic amines is 1. The predicted molar refractivity (Wildman–Crippen MR) is 86.6 cm³/mol. The van der Waals surface area contributed by atoms with Crippen LogP contribution in [0.25, 0.3) is 11.0 Å². The van der Waals surface area contributed by atoms with Gasteiger partial charge in [0.15, 0.2) is 5.65 Å². The van der Waals surface area contributed by atoms with Crippen molar-refractivity contribution in [3.63, 3.8) is 0 Å². The number of anilines is 1. The van der Waals surface area contributed by atoms with Gasteiger partial charge in [0.05, 0.1) is 17.0 Å².